The van der Waals surface area contributed by atoms with E-state index in [4.69, 9.17) is 11.3 Å². The first-order chi connectivity index (χ1) is 6.74. The van der Waals surface area contributed by atoms with Crippen LogP contribution in [0.1, 0.15) is 11.3 Å². The van der Waals surface area contributed by atoms with Gasteiger partial charge in [0.05, 0.1) is 12.2 Å². The fourth-order valence-corrected chi connectivity index (χ4v) is 0.914. The summed E-state index contributed by atoms with van der Waals surface area (Å²) < 4.78 is 0. The number of nitrogens with zero attached hydrogens (tertiary/aromatic N) is 4. The second-order valence-electron chi connectivity index (χ2n) is 2.56. The fourth-order valence-electron chi connectivity index (χ4n) is 0.914. The van der Waals surface area contributed by atoms with Gasteiger partial charge < -0.3 is 5.73 Å². The minimum absolute atomic E-state index is 0.167. The SMILES string of the molecule is Cc1nc(N)ccc1C#CCN=[N+]=[N-]. The maximum Gasteiger partial charge on any atom is 0.123 e. The number of aryl methyl sites for hydroxylation is 1. The lowest BCUT2D eigenvalue weighted by atomic mass is 10.2. The number of anilines is 1. The van der Waals surface area contributed by atoms with E-state index in [9.17, 15) is 0 Å². The Labute approximate surface area is 81.6 Å². The van der Waals surface area contributed by atoms with Crippen LogP contribution in [0.15, 0.2) is 17.2 Å². The van der Waals surface area contributed by atoms with Gasteiger partial charge in [-0.15, -0.1) is 0 Å². The molecule has 1 aromatic rings. The monoisotopic (exact) mass is 187 g/mol. The lowest BCUT2D eigenvalue weighted by molar-refractivity contribution is 1.19. The molecule has 0 saturated heterocycles. The Kier molecular flexibility index (Phi) is 3.36. The summed E-state index contributed by atoms with van der Waals surface area (Å²) in [6.45, 7) is 1.99. The molecule has 1 heterocycles. The molecule has 0 spiro atoms. The predicted molar refractivity (Wildman–Crippen MR) is 54.3 cm³/mol. The van der Waals surface area contributed by atoms with E-state index in [0.29, 0.717) is 5.82 Å². The Bertz CT molecular complexity index is 434. The van der Waals surface area contributed by atoms with Crippen LogP contribution in [0.5, 0.6) is 0 Å². The number of hydrogen-bond acceptors (Lipinski definition) is 3. The summed E-state index contributed by atoms with van der Waals surface area (Å²) >= 11 is 0. The van der Waals surface area contributed by atoms with E-state index in [2.05, 4.69) is 26.9 Å². The van der Waals surface area contributed by atoms with Gasteiger partial charge in [-0.25, -0.2) is 4.98 Å². The lowest BCUT2D eigenvalue weighted by Crippen LogP contribution is -1.94. The van der Waals surface area contributed by atoms with E-state index in [0.717, 1.165) is 11.3 Å². The minimum atomic E-state index is 0.167. The van der Waals surface area contributed by atoms with Gasteiger partial charge in [0.1, 0.15) is 5.82 Å². The molecule has 0 unspecified atom stereocenters. The summed E-state index contributed by atoms with van der Waals surface area (Å²) in [4.78, 5) is 6.63. The van der Waals surface area contributed by atoms with Gasteiger partial charge in [-0.1, -0.05) is 17.0 Å². The number of pyridine rings is 1. The van der Waals surface area contributed by atoms with Crippen molar-refractivity contribution in [2.75, 3.05) is 12.3 Å². The molecule has 0 aliphatic carbocycles. The summed E-state index contributed by atoms with van der Waals surface area (Å²) in [5.74, 6) is 6.03. The van der Waals surface area contributed by atoms with E-state index in [-0.39, 0.29) is 6.54 Å². The average molecular weight is 187 g/mol. The molecule has 0 atom stereocenters. The molecule has 1 rings (SSSR count). The summed E-state index contributed by atoms with van der Waals surface area (Å²) in [7, 11) is 0. The first-order valence-corrected chi connectivity index (χ1v) is 3.97. The average Bonchev–Trinajstić information content (AvgIpc) is 2.15. The van der Waals surface area contributed by atoms with Crippen LogP contribution in [0.4, 0.5) is 5.82 Å². The van der Waals surface area contributed by atoms with Gasteiger partial charge in [-0.2, -0.15) is 0 Å². The molecule has 0 fully saturated rings. The number of nitrogen functional groups attached to an aromatic ring is 1. The van der Waals surface area contributed by atoms with Gasteiger partial charge in [0.2, 0.25) is 0 Å². The highest BCUT2D eigenvalue weighted by Gasteiger charge is 1.94. The number of azide groups is 1. The van der Waals surface area contributed by atoms with Gasteiger partial charge >= 0.3 is 0 Å². The van der Waals surface area contributed by atoms with Crippen LogP contribution in [0.2, 0.25) is 0 Å². The zero-order valence-electron chi connectivity index (χ0n) is 7.73. The number of nitrogens with two attached hydrogens (primary N) is 1. The third-order valence-electron chi connectivity index (χ3n) is 1.54. The van der Waals surface area contributed by atoms with E-state index in [1.165, 1.54) is 0 Å². The van der Waals surface area contributed by atoms with Gasteiger partial charge in [-0.3, -0.25) is 0 Å². The minimum Gasteiger partial charge on any atom is -0.384 e. The van der Waals surface area contributed by atoms with Crippen LogP contribution in [-0.4, -0.2) is 11.5 Å². The van der Waals surface area contributed by atoms with E-state index < -0.39 is 0 Å². The molecule has 14 heavy (non-hydrogen) atoms. The number of rotatable bonds is 1. The number of hydrogen-bond donors (Lipinski definition) is 1. The van der Waals surface area contributed by atoms with Crippen LogP contribution in [0, 0.1) is 18.8 Å². The van der Waals surface area contributed by atoms with Crippen molar-refractivity contribution in [3.05, 3.63) is 33.8 Å². The van der Waals surface area contributed by atoms with Crippen molar-refractivity contribution in [1.29, 1.82) is 0 Å². The van der Waals surface area contributed by atoms with Gasteiger partial charge in [-0.05, 0) is 24.6 Å². The second-order valence-corrected chi connectivity index (χ2v) is 2.56. The topological polar surface area (TPSA) is 87.7 Å². The van der Waals surface area contributed by atoms with Crippen molar-refractivity contribution < 1.29 is 0 Å². The molecule has 2 N–H and O–H groups in total. The van der Waals surface area contributed by atoms with E-state index in [1.54, 1.807) is 12.1 Å². The van der Waals surface area contributed by atoms with Crippen LogP contribution in [0.3, 0.4) is 0 Å². The molecule has 0 aliphatic rings. The molecule has 1 aromatic heterocycles. The van der Waals surface area contributed by atoms with Gasteiger partial charge in [0.25, 0.3) is 0 Å². The van der Waals surface area contributed by atoms with Crippen molar-refractivity contribution in [3.8, 4) is 11.8 Å². The Morgan fingerprint density at radius 2 is 2.43 bits per heavy atom. The van der Waals surface area contributed by atoms with Gasteiger partial charge in [0.15, 0.2) is 0 Å². The smallest absolute Gasteiger partial charge is 0.123 e. The third kappa shape index (κ3) is 2.70. The normalized spacial score (nSPS) is 8.36. The molecule has 0 aromatic carbocycles. The molecule has 0 radical (unpaired) electrons. The van der Waals surface area contributed by atoms with Crippen LogP contribution < -0.4 is 5.73 Å². The summed E-state index contributed by atoms with van der Waals surface area (Å²) in [6.07, 6.45) is 0. The second kappa shape index (κ2) is 4.75. The number of aromatic nitrogens is 1. The Morgan fingerprint density at radius 1 is 1.64 bits per heavy atom. The van der Waals surface area contributed by atoms with E-state index >= 15 is 0 Å². The highest BCUT2D eigenvalue weighted by molar-refractivity contribution is 5.42. The van der Waals surface area contributed by atoms with Crippen molar-refractivity contribution in [2.45, 2.75) is 6.92 Å². The lowest BCUT2D eigenvalue weighted by Gasteiger charge is -1.97. The molecular weight excluding hydrogens is 178 g/mol. The van der Waals surface area contributed by atoms with Gasteiger partial charge in [0, 0.05) is 10.5 Å². The fraction of sp³-hybridized carbons (Fsp3) is 0.222. The first-order valence-electron chi connectivity index (χ1n) is 3.97. The highest BCUT2D eigenvalue weighted by Crippen LogP contribution is 2.05. The zero-order valence-corrected chi connectivity index (χ0v) is 7.73. The summed E-state index contributed by atoms with van der Waals surface area (Å²) in [6, 6.07) is 3.48. The van der Waals surface area contributed by atoms with Crippen LogP contribution in [-0.2, 0) is 0 Å². The largest absolute Gasteiger partial charge is 0.384 e. The van der Waals surface area contributed by atoms with Crippen molar-refractivity contribution in [2.24, 2.45) is 5.11 Å². The standard InChI is InChI=1S/C9H9N5/c1-7-8(3-2-6-12-14-11)4-5-9(10)13-7/h4-5H,6H2,1H3,(H2,10,13). The molecule has 0 saturated carbocycles. The van der Waals surface area contributed by atoms with Crippen molar-refractivity contribution in [1.82, 2.24) is 4.98 Å². The molecule has 5 heteroatoms. The predicted octanol–water partition coefficient (Wildman–Crippen LogP) is 1.63. The first kappa shape index (κ1) is 9.90. The summed E-state index contributed by atoms with van der Waals surface area (Å²) in [5.41, 5.74) is 15.1. The van der Waals surface area contributed by atoms with Crippen molar-refractivity contribution >= 4 is 5.82 Å². The molecule has 5 nitrogen and oxygen atoms in total. The van der Waals surface area contributed by atoms with Crippen LogP contribution in [0.25, 0.3) is 10.4 Å². The molecular formula is C9H9N5. The van der Waals surface area contributed by atoms with Crippen LogP contribution >= 0.6 is 0 Å². The maximum atomic E-state index is 8.02. The van der Waals surface area contributed by atoms with E-state index in [1.807, 2.05) is 6.92 Å². The molecule has 70 valence electrons. The third-order valence-corrected chi connectivity index (χ3v) is 1.54. The maximum absolute atomic E-state index is 8.02. The molecule has 0 aliphatic heterocycles. The molecule has 0 bridgehead atoms. The Balaban J connectivity index is 2.84. The summed E-state index contributed by atoms with van der Waals surface area (Å²) in [5, 5.41) is 3.30. The Morgan fingerprint density at radius 3 is 3.07 bits per heavy atom. The van der Waals surface area contributed by atoms with Crippen molar-refractivity contribution in [3.63, 3.8) is 0 Å². The Hall–Kier alpha value is -2.18. The zero-order chi connectivity index (χ0) is 10.4. The molecule has 0 amide bonds. The quantitative estimate of drug-likeness (QED) is 0.313. The highest BCUT2D eigenvalue weighted by atomic mass is 15.1.